The summed E-state index contributed by atoms with van der Waals surface area (Å²) < 4.78 is 7.19. The van der Waals surface area contributed by atoms with E-state index >= 15 is 0 Å². The third kappa shape index (κ3) is 5.11. The molecule has 0 spiro atoms. The lowest BCUT2D eigenvalue weighted by atomic mass is 10.2. The second-order valence-electron chi connectivity index (χ2n) is 7.52. The number of nitrogens with one attached hydrogen (secondary N) is 1. The van der Waals surface area contributed by atoms with Gasteiger partial charge in [-0.1, -0.05) is 30.3 Å². The van der Waals surface area contributed by atoms with Gasteiger partial charge in [0, 0.05) is 24.5 Å². The molecule has 1 atom stereocenters. The average Bonchev–Trinajstić information content (AvgIpc) is 3.27. The van der Waals surface area contributed by atoms with Crippen LogP contribution in [0.5, 0.6) is 5.75 Å². The highest BCUT2D eigenvalue weighted by molar-refractivity contribution is 7.98. The van der Waals surface area contributed by atoms with Crippen molar-refractivity contribution in [1.82, 2.24) is 14.9 Å². The minimum absolute atomic E-state index is 0.112. The van der Waals surface area contributed by atoms with E-state index in [-0.39, 0.29) is 17.9 Å². The summed E-state index contributed by atoms with van der Waals surface area (Å²) in [5, 5.41) is 12.3. The number of carbonyl (C=O) groups excluding carboxylic acids is 1. The van der Waals surface area contributed by atoms with E-state index in [1.54, 1.807) is 22.8 Å². The Morgan fingerprint density at radius 3 is 2.81 bits per heavy atom. The number of carbonyl (C=O) groups is 2. The predicted molar refractivity (Wildman–Crippen MR) is 122 cm³/mol. The Bertz CT molecular complexity index is 1200. The first-order valence-corrected chi connectivity index (χ1v) is 11.5. The minimum Gasteiger partial charge on any atom is -0.484 e. The van der Waals surface area contributed by atoms with Crippen LogP contribution in [0.1, 0.15) is 17.8 Å². The number of hydrogen-bond donors (Lipinski definition) is 2. The van der Waals surface area contributed by atoms with Crippen molar-refractivity contribution in [2.24, 2.45) is 0 Å². The standard InChI is InChI=1S/C23H23N3O5S/c27-21(25-19(23(29)30)14-32-13-15-5-2-1-3-6-15)12-31-16-8-9-18-17(11-16)22(28)26-10-4-7-20(26)24-18/h1-3,5-6,8-9,11,19H,4,7,10,12-14H2,(H,25,27)(H,29,30). The largest absolute Gasteiger partial charge is 0.484 e. The van der Waals surface area contributed by atoms with Gasteiger partial charge in [-0.2, -0.15) is 11.8 Å². The van der Waals surface area contributed by atoms with Gasteiger partial charge < -0.3 is 15.2 Å². The van der Waals surface area contributed by atoms with Gasteiger partial charge in [0.15, 0.2) is 6.61 Å². The molecule has 2 aromatic carbocycles. The summed E-state index contributed by atoms with van der Waals surface area (Å²) in [4.78, 5) is 41.0. The van der Waals surface area contributed by atoms with Crippen LogP contribution in [0.3, 0.4) is 0 Å². The van der Waals surface area contributed by atoms with Crippen LogP contribution < -0.4 is 15.6 Å². The third-order valence-corrected chi connectivity index (χ3v) is 6.29. The van der Waals surface area contributed by atoms with Crippen LogP contribution in [-0.4, -0.2) is 44.9 Å². The number of aliphatic carboxylic acids is 1. The van der Waals surface area contributed by atoms with Crippen LogP contribution in [0, 0.1) is 0 Å². The van der Waals surface area contributed by atoms with E-state index in [1.807, 2.05) is 30.3 Å². The summed E-state index contributed by atoms with van der Waals surface area (Å²) in [5.41, 5.74) is 1.57. The number of aryl methyl sites for hydroxylation is 1. The maximum absolute atomic E-state index is 12.7. The van der Waals surface area contributed by atoms with Crippen molar-refractivity contribution in [2.45, 2.75) is 31.2 Å². The highest BCUT2D eigenvalue weighted by Gasteiger charge is 2.20. The second kappa shape index (κ2) is 9.86. The van der Waals surface area contributed by atoms with E-state index in [4.69, 9.17) is 4.74 Å². The molecule has 2 heterocycles. The van der Waals surface area contributed by atoms with Crippen LogP contribution in [0.2, 0.25) is 0 Å². The number of carboxylic acids is 1. The van der Waals surface area contributed by atoms with Crippen molar-refractivity contribution in [2.75, 3.05) is 12.4 Å². The number of thioether (sulfide) groups is 1. The number of hydrogen-bond acceptors (Lipinski definition) is 6. The molecule has 1 amide bonds. The molecule has 1 unspecified atom stereocenters. The van der Waals surface area contributed by atoms with E-state index in [9.17, 15) is 19.5 Å². The number of ether oxygens (including phenoxy) is 1. The van der Waals surface area contributed by atoms with Crippen LogP contribution in [0.4, 0.5) is 0 Å². The van der Waals surface area contributed by atoms with E-state index < -0.39 is 17.9 Å². The summed E-state index contributed by atoms with van der Waals surface area (Å²) in [6.45, 7) is 0.307. The molecule has 0 fully saturated rings. The van der Waals surface area contributed by atoms with E-state index in [2.05, 4.69) is 10.3 Å². The summed E-state index contributed by atoms with van der Waals surface area (Å²) in [6.07, 6.45) is 1.69. The van der Waals surface area contributed by atoms with Crippen molar-refractivity contribution >= 4 is 34.5 Å². The fraction of sp³-hybridized carbons (Fsp3) is 0.304. The van der Waals surface area contributed by atoms with E-state index in [0.29, 0.717) is 29.0 Å². The van der Waals surface area contributed by atoms with Gasteiger partial charge in [0.1, 0.15) is 17.6 Å². The normalized spacial score (nSPS) is 13.5. The van der Waals surface area contributed by atoms with Crippen LogP contribution in [0.15, 0.2) is 53.3 Å². The predicted octanol–water partition coefficient (Wildman–Crippen LogP) is 2.22. The van der Waals surface area contributed by atoms with Gasteiger partial charge in [-0.05, 0) is 30.2 Å². The van der Waals surface area contributed by atoms with Crippen molar-refractivity contribution in [3.8, 4) is 5.75 Å². The first-order valence-electron chi connectivity index (χ1n) is 10.3. The second-order valence-corrected chi connectivity index (χ2v) is 8.55. The van der Waals surface area contributed by atoms with E-state index in [1.165, 1.54) is 11.8 Å². The third-order valence-electron chi connectivity index (χ3n) is 5.19. The average molecular weight is 454 g/mol. The molecule has 2 N–H and O–H groups in total. The lowest BCUT2D eigenvalue weighted by Crippen LogP contribution is -2.44. The number of aromatic nitrogens is 2. The molecule has 166 valence electrons. The number of benzene rings is 2. The molecule has 1 aliphatic heterocycles. The fourth-order valence-corrected chi connectivity index (χ4v) is 4.59. The molecule has 4 rings (SSSR count). The number of carboxylic acid groups (broad SMARTS) is 1. The summed E-state index contributed by atoms with van der Waals surface area (Å²) in [5.74, 6) is 0.399. The zero-order valence-corrected chi connectivity index (χ0v) is 18.1. The Hall–Kier alpha value is -3.33. The zero-order chi connectivity index (χ0) is 22.5. The molecule has 0 bridgehead atoms. The quantitative estimate of drug-likeness (QED) is 0.511. The molecule has 0 saturated carbocycles. The molecule has 0 radical (unpaired) electrons. The van der Waals surface area contributed by atoms with Crippen molar-refractivity contribution in [3.05, 3.63) is 70.3 Å². The Labute approximate surface area is 188 Å². The van der Waals surface area contributed by atoms with Crippen LogP contribution in [0.25, 0.3) is 10.9 Å². The van der Waals surface area contributed by atoms with Gasteiger partial charge >= 0.3 is 5.97 Å². The molecule has 0 saturated heterocycles. The molecule has 8 nitrogen and oxygen atoms in total. The van der Waals surface area contributed by atoms with Crippen LogP contribution in [-0.2, 0) is 28.3 Å². The van der Waals surface area contributed by atoms with Gasteiger partial charge in [0.05, 0.1) is 10.9 Å². The van der Waals surface area contributed by atoms with E-state index in [0.717, 1.165) is 24.2 Å². The zero-order valence-electron chi connectivity index (χ0n) is 17.3. The summed E-state index contributed by atoms with van der Waals surface area (Å²) in [6, 6.07) is 13.6. The Kier molecular flexibility index (Phi) is 6.75. The molecule has 1 aromatic heterocycles. The van der Waals surface area contributed by atoms with Crippen molar-refractivity contribution in [3.63, 3.8) is 0 Å². The molecular weight excluding hydrogens is 430 g/mol. The topological polar surface area (TPSA) is 111 Å². The molecule has 9 heteroatoms. The number of rotatable bonds is 9. The molecule has 32 heavy (non-hydrogen) atoms. The summed E-state index contributed by atoms with van der Waals surface area (Å²) >= 11 is 1.43. The molecule has 1 aliphatic rings. The fourth-order valence-electron chi connectivity index (χ4n) is 3.58. The summed E-state index contributed by atoms with van der Waals surface area (Å²) in [7, 11) is 0. The van der Waals surface area contributed by atoms with Crippen LogP contribution >= 0.6 is 11.8 Å². The monoisotopic (exact) mass is 453 g/mol. The number of amides is 1. The molecule has 0 aliphatic carbocycles. The SMILES string of the molecule is O=C(COc1ccc2nc3n(c(=O)c2c1)CCC3)NC(CSCc1ccccc1)C(=O)O. The van der Waals surface area contributed by atoms with Gasteiger partial charge in [0.2, 0.25) is 0 Å². The van der Waals surface area contributed by atoms with Gasteiger partial charge in [-0.25, -0.2) is 9.78 Å². The lowest BCUT2D eigenvalue weighted by Gasteiger charge is -2.15. The number of fused-ring (bicyclic) bond motifs is 2. The van der Waals surface area contributed by atoms with Gasteiger partial charge in [-0.15, -0.1) is 0 Å². The highest BCUT2D eigenvalue weighted by Crippen LogP contribution is 2.20. The smallest absolute Gasteiger partial charge is 0.327 e. The van der Waals surface area contributed by atoms with Crippen molar-refractivity contribution in [1.29, 1.82) is 0 Å². The Morgan fingerprint density at radius 1 is 1.22 bits per heavy atom. The number of nitrogens with zero attached hydrogens (tertiary/aromatic N) is 2. The lowest BCUT2D eigenvalue weighted by molar-refractivity contribution is -0.141. The first kappa shape index (κ1) is 21.9. The first-order chi connectivity index (χ1) is 15.5. The highest BCUT2D eigenvalue weighted by atomic mass is 32.2. The minimum atomic E-state index is -1.10. The Morgan fingerprint density at radius 2 is 2.03 bits per heavy atom. The van der Waals surface area contributed by atoms with Gasteiger partial charge in [0.25, 0.3) is 11.5 Å². The Balaban J connectivity index is 1.33. The van der Waals surface area contributed by atoms with Crippen molar-refractivity contribution < 1.29 is 19.4 Å². The maximum atomic E-state index is 12.7. The molecule has 3 aromatic rings. The molecular formula is C23H23N3O5S. The maximum Gasteiger partial charge on any atom is 0.327 e. The van der Waals surface area contributed by atoms with Gasteiger partial charge in [-0.3, -0.25) is 14.2 Å².